The van der Waals surface area contributed by atoms with Crippen LogP contribution in [0.1, 0.15) is 10.4 Å². The Morgan fingerprint density at radius 1 is 1.00 bits per heavy atom. The van der Waals surface area contributed by atoms with Gasteiger partial charge in [0.1, 0.15) is 11.3 Å². The van der Waals surface area contributed by atoms with Crippen LogP contribution in [0.3, 0.4) is 0 Å². The zero-order chi connectivity index (χ0) is 13.0. The Hall–Kier alpha value is -2.36. The molecule has 4 heteroatoms. The van der Waals surface area contributed by atoms with Crippen molar-refractivity contribution in [3.63, 3.8) is 0 Å². The summed E-state index contributed by atoms with van der Waals surface area (Å²) in [7, 11) is 1.28. The van der Waals surface area contributed by atoms with Gasteiger partial charge in [-0.1, -0.05) is 24.3 Å². The molecule has 2 aromatic rings. The van der Waals surface area contributed by atoms with Gasteiger partial charge >= 0.3 is 5.97 Å². The van der Waals surface area contributed by atoms with E-state index in [4.69, 9.17) is 4.74 Å². The van der Waals surface area contributed by atoms with Gasteiger partial charge in [0.15, 0.2) is 11.6 Å². The molecular weight excluding hydrogens is 235 g/mol. The van der Waals surface area contributed by atoms with Crippen LogP contribution in [-0.4, -0.2) is 13.1 Å². The van der Waals surface area contributed by atoms with E-state index < -0.39 is 11.8 Å². The molecule has 2 aromatic carbocycles. The molecule has 0 atom stereocenters. The number of carbonyl (C=O) groups excluding carboxylic acids is 1. The van der Waals surface area contributed by atoms with Gasteiger partial charge in [-0.25, -0.2) is 9.18 Å². The van der Waals surface area contributed by atoms with E-state index in [2.05, 4.69) is 4.74 Å². The van der Waals surface area contributed by atoms with Crippen molar-refractivity contribution in [1.82, 2.24) is 0 Å². The van der Waals surface area contributed by atoms with Crippen molar-refractivity contribution in [2.24, 2.45) is 0 Å². The van der Waals surface area contributed by atoms with Crippen molar-refractivity contribution >= 4 is 5.97 Å². The maximum absolute atomic E-state index is 13.4. The SMILES string of the molecule is COC(=O)c1ccccc1Oc1ccccc1F. The van der Waals surface area contributed by atoms with Crippen LogP contribution in [-0.2, 0) is 4.74 Å². The van der Waals surface area contributed by atoms with E-state index in [1.165, 1.54) is 19.2 Å². The van der Waals surface area contributed by atoms with E-state index in [0.29, 0.717) is 0 Å². The lowest BCUT2D eigenvalue weighted by Crippen LogP contribution is -2.03. The second-order valence-electron chi connectivity index (χ2n) is 3.52. The van der Waals surface area contributed by atoms with Gasteiger partial charge in [-0.2, -0.15) is 0 Å². The summed E-state index contributed by atoms with van der Waals surface area (Å²) in [5, 5.41) is 0. The van der Waals surface area contributed by atoms with Crippen molar-refractivity contribution in [2.45, 2.75) is 0 Å². The minimum Gasteiger partial charge on any atom is -0.465 e. The summed E-state index contributed by atoms with van der Waals surface area (Å²) >= 11 is 0. The first-order chi connectivity index (χ1) is 8.72. The molecule has 0 aliphatic heterocycles. The Balaban J connectivity index is 2.35. The predicted octanol–water partition coefficient (Wildman–Crippen LogP) is 3.40. The Morgan fingerprint density at radius 3 is 2.28 bits per heavy atom. The number of esters is 1. The minimum absolute atomic E-state index is 0.0638. The van der Waals surface area contributed by atoms with E-state index >= 15 is 0 Å². The minimum atomic E-state index is -0.526. The number of halogens is 1. The lowest BCUT2D eigenvalue weighted by molar-refractivity contribution is 0.0598. The number of para-hydroxylation sites is 2. The molecule has 0 N–H and O–H groups in total. The normalized spacial score (nSPS) is 9.89. The van der Waals surface area contributed by atoms with E-state index in [0.717, 1.165) is 0 Å². The molecule has 0 amide bonds. The molecule has 0 unspecified atom stereocenters. The second kappa shape index (κ2) is 5.31. The highest BCUT2D eigenvalue weighted by Crippen LogP contribution is 2.27. The fraction of sp³-hybridized carbons (Fsp3) is 0.0714. The molecular formula is C14H11FO3. The van der Waals surface area contributed by atoms with Crippen LogP contribution in [0.15, 0.2) is 48.5 Å². The summed E-state index contributed by atoms with van der Waals surface area (Å²) < 4.78 is 23.5. The summed E-state index contributed by atoms with van der Waals surface area (Å²) in [5.41, 5.74) is 0.253. The fourth-order valence-corrected chi connectivity index (χ4v) is 1.48. The largest absolute Gasteiger partial charge is 0.465 e. The average Bonchev–Trinajstić information content (AvgIpc) is 2.41. The van der Waals surface area contributed by atoms with E-state index in [1.807, 2.05) is 0 Å². The van der Waals surface area contributed by atoms with Gasteiger partial charge < -0.3 is 9.47 Å². The third-order valence-electron chi connectivity index (χ3n) is 2.35. The van der Waals surface area contributed by atoms with Crippen LogP contribution in [0.5, 0.6) is 11.5 Å². The van der Waals surface area contributed by atoms with Crippen LogP contribution < -0.4 is 4.74 Å². The first-order valence-electron chi connectivity index (χ1n) is 5.32. The quantitative estimate of drug-likeness (QED) is 0.778. The van der Waals surface area contributed by atoms with E-state index in [-0.39, 0.29) is 17.1 Å². The molecule has 2 rings (SSSR count). The van der Waals surface area contributed by atoms with Crippen molar-refractivity contribution in [3.05, 3.63) is 59.9 Å². The molecule has 0 saturated carbocycles. The maximum Gasteiger partial charge on any atom is 0.341 e. The molecule has 0 fully saturated rings. The number of hydrogen-bond donors (Lipinski definition) is 0. The number of methoxy groups -OCH3 is 1. The first-order valence-corrected chi connectivity index (χ1v) is 5.32. The zero-order valence-corrected chi connectivity index (χ0v) is 9.72. The fourth-order valence-electron chi connectivity index (χ4n) is 1.48. The molecule has 0 bridgehead atoms. The third-order valence-corrected chi connectivity index (χ3v) is 2.35. The Labute approximate surface area is 104 Å². The van der Waals surface area contributed by atoms with Gasteiger partial charge in [0, 0.05) is 0 Å². The highest BCUT2D eigenvalue weighted by Gasteiger charge is 2.13. The molecule has 0 aliphatic rings. The molecule has 0 aliphatic carbocycles. The van der Waals surface area contributed by atoms with Gasteiger partial charge in [-0.3, -0.25) is 0 Å². The smallest absolute Gasteiger partial charge is 0.341 e. The molecule has 0 saturated heterocycles. The van der Waals surface area contributed by atoms with Gasteiger partial charge in [-0.15, -0.1) is 0 Å². The Kier molecular flexibility index (Phi) is 3.57. The molecule has 0 spiro atoms. The third kappa shape index (κ3) is 2.48. The zero-order valence-electron chi connectivity index (χ0n) is 9.72. The van der Waals surface area contributed by atoms with Crippen LogP contribution in [0.4, 0.5) is 4.39 Å². The molecule has 0 heterocycles. The van der Waals surface area contributed by atoms with Crippen LogP contribution >= 0.6 is 0 Å². The number of hydrogen-bond acceptors (Lipinski definition) is 3. The monoisotopic (exact) mass is 246 g/mol. The first kappa shape index (κ1) is 12.1. The van der Waals surface area contributed by atoms with Crippen LogP contribution in [0.25, 0.3) is 0 Å². The molecule has 3 nitrogen and oxygen atoms in total. The van der Waals surface area contributed by atoms with Gasteiger partial charge in [0.25, 0.3) is 0 Å². The summed E-state index contributed by atoms with van der Waals surface area (Å²) in [4.78, 5) is 11.5. The van der Waals surface area contributed by atoms with Crippen molar-refractivity contribution in [3.8, 4) is 11.5 Å². The van der Waals surface area contributed by atoms with E-state index in [9.17, 15) is 9.18 Å². The van der Waals surface area contributed by atoms with Crippen molar-refractivity contribution in [2.75, 3.05) is 7.11 Å². The summed E-state index contributed by atoms with van der Waals surface area (Å²) in [6.07, 6.45) is 0. The van der Waals surface area contributed by atoms with Gasteiger partial charge in [0.05, 0.1) is 7.11 Å². The predicted molar refractivity (Wildman–Crippen MR) is 64.3 cm³/mol. The maximum atomic E-state index is 13.4. The number of rotatable bonds is 3. The summed E-state index contributed by atoms with van der Waals surface area (Å²) in [6.45, 7) is 0. The Bertz CT molecular complexity index is 566. The van der Waals surface area contributed by atoms with E-state index in [1.54, 1.807) is 36.4 Å². The molecule has 92 valence electrons. The standard InChI is InChI=1S/C14H11FO3/c1-17-14(16)10-6-2-4-8-12(10)18-13-9-5-3-7-11(13)15/h2-9H,1H3. The topological polar surface area (TPSA) is 35.5 Å². The summed E-state index contributed by atoms with van der Waals surface area (Å²) in [6, 6.07) is 12.5. The number of carbonyl (C=O) groups is 1. The lowest BCUT2D eigenvalue weighted by Gasteiger charge is -2.09. The summed E-state index contributed by atoms with van der Waals surface area (Å²) in [5.74, 6) is -0.692. The van der Waals surface area contributed by atoms with Crippen molar-refractivity contribution < 1.29 is 18.7 Å². The highest BCUT2D eigenvalue weighted by atomic mass is 19.1. The average molecular weight is 246 g/mol. The Morgan fingerprint density at radius 2 is 1.61 bits per heavy atom. The molecule has 0 radical (unpaired) electrons. The lowest BCUT2D eigenvalue weighted by atomic mass is 10.2. The highest BCUT2D eigenvalue weighted by molar-refractivity contribution is 5.92. The van der Waals surface area contributed by atoms with Gasteiger partial charge in [0.2, 0.25) is 0 Å². The second-order valence-corrected chi connectivity index (χ2v) is 3.52. The number of benzene rings is 2. The van der Waals surface area contributed by atoms with Crippen LogP contribution in [0.2, 0.25) is 0 Å². The molecule has 18 heavy (non-hydrogen) atoms. The van der Waals surface area contributed by atoms with Crippen molar-refractivity contribution in [1.29, 1.82) is 0 Å². The van der Waals surface area contributed by atoms with Crippen LogP contribution in [0, 0.1) is 5.82 Å². The van der Waals surface area contributed by atoms with Gasteiger partial charge in [-0.05, 0) is 24.3 Å². The number of ether oxygens (including phenoxy) is 2. The molecule has 0 aromatic heterocycles.